The first-order chi connectivity index (χ1) is 16.5. The van der Waals surface area contributed by atoms with E-state index in [1.165, 1.54) is 5.57 Å². The van der Waals surface area contributed by atoms with Crippen LogP contribution in [0.3, 0.4) is 0 Å². The van der Waals surface area contributed by atoms with Crippen molar-refractivity contribution < 1.29 is 18.5 Å². The fourth-order valence-electron chi connectivity index (χ4n) is 4.58. The molecule has 2 aromatic rings. The fraction of sp³-hybridized carbons (Fsp3) is 0.370. The topological polar surface area (TPSA) is 69.6 Å². The van der Waals surface area contributed by atoms with Gasteiger partial charge in [-0.25, -0.2) is 12.9 Å². The van der Waals surface area contributed by atoms with Gasteiger partial charge in [-0.1, -0.05) is 42.0 Å². The van der Waals surface area contributed by atoms with Gasteiger partial charge in [0.1, 0.15) is 17.7 Å². The number of piperidine rings is 1. The number of allylic oxidation sites excluding steroid dienone is 4. The van der Waals surface area contributed by atoms with Gasteiger partial charge in [-0.05, 0) is 73.4 Å². The quantitative estimate of drug-likeness (QED) is 0.545. The number of alkyl halides is 1. The van der Waals surface area contributed by atoms with Gasteiger partial charge >= 0.3 is 0 Å². The van der Waals surface area contributed by atoms with Crippen LogP contribution < -0.4 is 5.32 Å². The third kappa shape index (κ3) is 5.90. The first-order valence-electron chi connectivity index (χ1n) is 11.7. The van der Waals surface area contributed by atoms with E-state index in [1.807, 2.05) is 4.31 Å². The van der Waals surface area contributed by atoms with E-state index in [0.29, 0.717) is 34.8 Å². The zero-order valence-electron chi connectivity index (χ0n) is 19.2. The van der Waals surface area contributed by atoms with E-state index in [0.717, 1.165) is 32.1 Å². The molecule has 0 aromatic heterocycles. The van der Waals surface area contributed by atoms with Gasteiger partial charge in [-0.2, -0.15) is 0 Å². The van der Waals surface area contributed by atoms with Crippen LogP contribution in [0.4, 0.5) is 10.1 Å². The Balaban J connectivity index is 1.40. The van der Waals surface area contributed by atoms with Crippen molar-refractivity contribution in [2.75, 3.05) is 25.0 Å². The summed E-state index contributed by atoms with van der Waals surface area (Å²) < 4.78 is 28.1. The maximum atomic E-state index is 13.3. The largest absolute Gasteiger partial charge is 0.396 e. The van der Waals surface area contributed by atoms with Crippen LogP contribution in [0.1, 0.15) is 48.0 Å². The minimum Gasteiger partial charge on any atom is -0.396 e. The second-order valence-corrected chi connectivity index (χ2v) is 10.6. The lowest BCUT2D eigenvalue weighted by Gasteiger charge is -2.40. The van der Waals surface area contributed by atoms with E-state index < -0.39 is 17.7 Å². The molecule has 1 heterocycles. The average Bonchev–Trinajstić information content (AvgIpc) is 2.89. The van der Waals surface area contributed by atoms with Crippen molar-refractivity contribution in [3.8, 4) is 0 Å². The minimum atomic E-state index is -1.40. The summed E-state index contributed by atoms with van der Waals surface area (Å²) in [5.74, 6) is -0.332. The molecular weight excluding hydrogens is 451 g/mol. The molecule has 1 fully saturated rings. The summed E-state index contributed by atoms with van der Waals surface area (Å²) in [6.07, 6.45) is 11.1. The molecule has 180 valence electrons. The van der Waals surface area contributed by atoms with E-state index in [4.69, 9.17) is 0 Å². The number of benzene rings is 2. The highest BCUT2D eigenvalue weighted by molar-refractivity contribution is 7.82. The van der Waals surface area contributed by atoms with Gasteiger partial charge in [-0.3, -0.25) is 4.79 Å². The standard InChI is InChI=1S/C27H31FN2O3S/c28-19-22-8-4-10-24(16-22)29-26(32)23-9-5-11-25(17-23)34(33)30-14-12-27(20-31,13-15-30)18-21-6-2-1-3-7-21/h2,4-11,16-17,31H,1,3,12-15,18-20H2,(H,29,32). The Morgan fingerprint density at radius 1 is 1.12 bits per heavy atom. The van der Waals surface area contributed by atoms with E-state index in [1.54, 1.807) is 48.5 Å². The van der Waals surface area contributed by atoms with Crippen molar-refractivity contribution in [2.24, 2.45) is 5.41 Å². The molecule has 1 aliphatic carbocycles. The van der Waals surface area contributed by atoms with Crippen LogP contribution in [0, 0.1) is 5.41 Å². The van der Waals surface area contributed by atoms with Crippen LogP contribution in [0.5, 0.6) is 0 Å². The molecule has 0 bridgehead atoms. The van der Waals surface area contributed by atoms with Crippen LogP contribution in [0.25, 0.3) is 0 Å². The zero-order chi connectivity index (χ0) is 24.0. The lowest BCUT2D eigenvalue weighted by atomic mass is 9.74. The number of hydrogen-bond donors (Lipinski definition) is 2. The van der Waals surface area contributed by atoms with Crippen LogP contribution in [0.15, 0.2) is 77.2 Å². The molecule has 0 saturated carbocycles. The molecule has 2 N–H and O–H groups in total. The molecule has 0 radical (unpaired) electrons. The number of nitrogens with one attached hydrogen (secondary N) is 1. The number of amides is 1. The second kappa shape index (κ2) is 11.2. The second-order valence-electron chi connectivity index (χ2n) is 9.09. The number of halogens is 1. The number of nitrogens with zero attached hydrogens (tertiary/aromatic N) is 1. The smallest absolute Gasteiger partial charge is 0.255 e. The molecule has 1 saturated heterocycles. The number of hydrogen-bond acceptors (Lipinski definition) is 3. The summed E-state index contributed by atoms with van der Waals surface area (Å²) in [5.41, 5.74) is 2.52. The lowest BCUT2D eigenvalue weighted by Crippen LogP contribution is -2.43. The van der Waals surface area contributed by atoms with Crippen LogP contribution in [0.2, 0.25) is 0 Å². The monoisotopic (exact) mass is 482 g/mol. The SMILES string of the molecule is O=C(Nc1cccc(CF)c1)c1cccc(S(=O)N2CCC(CO)(CC3=CCCC=C3)CC2)c1. The molecule has 2 aliphatic rings. The number of carbonyl (C=O) groups excluding carboxylic acids is 1. The van der Waals surface area contributed by atoms with Gasteiger partial charge < -0.3 is 10.4 Å². The highest BCUT2D eigenvalue weighted by atomic mass is 32.2. The van der Waals surface area contributed by atoms with Gasteiger partial charge in [0.25, 0.3) is 5.91 Å². The minimum absolute atomic E-state index is 0.123. The molecule has 4 rings (SSSR count). The Morgan fingerprint density at radius 2 is 1.91 bits per heavy atom. The van der Waals surface area contributed by atoms with Gasteiger partial charge in [0.05, 0.1) is 4.90 Å². The fourth-order valence-corrected chi connectivity index (χ4v) is 5.81. The first kappa shape index (κ1) is 24.5. The van der Waals surface area contributed by atoms with Crippen molar-refractivity contribution in [1.82, 2.24) is 4.31 Å². The normalized spacial score (nSPS) is 18.8. The molecular formula is C27H31FN2O3S. The summed E-state index contributed by atoms with van der Waals surface area (Å²) in [6.45, 7) is 0.769. The lowest BCUT2D eigenvalue weighted by molar-refractivity contribution is 0.0704. The molecule has 7 heteroatoms. The van der Waals surface area contributed by atoms with Crippen molar-refractivity contribution in [3.05, 3.63) is 83.5 Å². The van der Waals surface area contributed by atoms with Gasteiger partial charge in [0, 0.05) is 30.9 Å². The average molecular weight is 483 g/mol. The number of aliphatic hydroxyl groups is 1. The van der Waals surface area contributed by atoms with Crippen molar-refractivity contribution in [3.63, 3.8) is 0 Å². The molecule has 1 amide bonds. The van der Waals surface area contributed by atoms with E-state index >= 15 is 0 Å². The molecule has 1 aliphatic heterocycles. The number of anilines is 1. The maximum Gasteiger partial charge on any atom is 0.255 e. The molecule has 34 heavy (non-hydrogen) atoms. The molecule has 1 atom stereocenters. The van der Waals surface area contributed by atoms with Gasteiger partial charge in [0.15, 0.2) is 0 Å². The Bertz CT molecular complexity index is 1110. The number of rotatable bonds is 8. The van der Waals surface area contributed by atoms with Crippen LogP contribution in [-0.2, 0) is 17.7 Å². The molecule has 1 unspecified atom stereocenters. The predicted octanol–water partition coefficient (Wildman–Crippen LogP) is 5.17. The predicted molar refractivity (Wildman–Crippen MR) is 133 cm³/mol. The van der Waals surface area contributed by atoms with E-state index in [9.17, 15) is 18.5 Å². The Morgan fingerprint density at radius 3 is 2.62 bits per heavy atom. The van der Waals surface area contributed by atoms with Crippen molar-refractivity contribution >= 4 is 22.6 Å². The highest BCUT2D eigenvalue weighted by Crippen LogP contribution is 2.39. The van der Waals surface area contributed by atoms with Crippen LogP contribution in [-0.4, -0.2) is 39.2 Å². The summed E-state index contributed by atoms with van der Waals surface area (Å²) in [7, 11) is -1.40. The Hall–Kier alpha value is -2.61. The third-order valence-electron chi connectivity index (χ3n) is 6.64. The number of carbonyl (C=O) groups is 1. The Labute approximate surface area is 203 Å². The molecule has 0 spiro atoms. The van der Waals surface area contributed by atoms with Gasteiger partial charge in [0.2, 0.25) is 0 Å². The van der Waals surface area contributed by atoms with Gasteiger partial charge in [-0.15, -0.1) is 0 Å². The third-order valence-corrected chi connectivity index (χ3v) is 8.13. The van der Waals surface area contributed by atoms with E-state index in [-0.39, 0.29) is 17.9 Å². The summed E-state index contributed by atoms with van der Waals surface area (Å²) in [6, 6.07) is 13.5. The van der Waals surface area contributed by atoms with Crippen molar-refractivity contribution in [1.29, 1.82) is 0 Å². The molecule has 2 aromatic carbocycles. The Kier molecular flexibility index (Phi) is 8.08. The summed E-state index contributed by atoms with van der Waals surface area (Å²) in [4.78, 5) is 13.3. The summed E-state index contributed by atoms with van der Waals surface area (Å²) >= 11 is 0. The van der Waals surface area contributed by atoms with Crippen molar-refractivity contribution in [2.45, 2.75) is 43.7 Å². The highest BCUT2D eigenvalue weighted by Gasteiger charge is 2.36. The summed E-state index contributed by atoms with van der Waals surface area (Å²) in [5, 5.41) is 12.9. The maximum absolute atomic E-state index is 13.3. The first-order valence-corrected chi connectivity index (χ1v) is 12.8. The zero-order valence-corrected chi connectivity index (χ0v) is 20.0. The van der Waals surface area contributed by atoms with Crippen LogP contribution >= 0.6 is 0 Å². The van der Waals surface area contributed by atoms with E-state index in [2.05, 4.69) is 23.5 Å². The number of aliphatic hydroxyl groups excluding tert-OH is 1. The molecule has 5 nitrogen and oxygen atoms in total.